The van der Waals surface area contributed by atoms with Gasteiger partial charge >= 0.3 is 0 Å². The number of nitrogens with one attached hydrogen (secondary N) is 4. The Morgan fingerprint density at radius 3 is 1.55 bits per heavy atom. The van der Waals surface area contributed by atoms with E-state index in [0.717, 1.165) is 9.91 Å². The zero-order valence-corrected chi connectivity index (χ0v) is 45.6. The second-order valence-electron chi connectivity index (χ2n) is 12.7. The third-order valence-electron chi connectivity index (χ3n) is 8.42. The lowest BCUT2D eigenvalue weighted by Crippen LogP contribution is -2.52. The number of hydrogen-bond acceptors (Lipinski definition) is 17. The molecule has 12 N–H and O–H groups in total. The van der Waals surface area contributed by atoms with Gasteiger partial charge in [0, 0.05) is 58.7 Å². The standard InChI is InChI=1S/C35H44I6N6O15/c1-42-29(31(57)19-23(36)18(17(56)13-62-2)24(37)22(25(19)38)34(60)47(45-3-5-48)9-16(55)12-52)35(61)46(4-6-49)30-27(40)20(32(58)43-7-14(53)10-50)26(39)21(28(30)41)33(59)44-8-15(54)11-51/h14-16,29,42,45,48-55H,3-13H2,1-2H3,(H,43,58)(H,44,59). The molecule has 4 atom stereocenters. The molecule has 0 saturated heterocycles. The molecule has 62 heavy (non-hydrogen) atoms. The lowest BCUT2D eigenvalue weighted by molar-refractivity contribution is -0.119. The molecule has 0 heterocycles. The largest absolute Gasteiger partial charge is 0.395 e. The number of rotatable bonds is 25. The van der Waals surface area contributed by atoms with Crippen molar-refractivity contribution in [3.63, 3.8) is 0 Å². The van der Waals surface area contributed by atoms with Gasteiger partial charge in [0.25, 0.3) is 23.6 Å². The number of methoxy groups -OCH3 is 1. The number of Topliss-reactive ketones (excluding diaryl/α,β-unsaturated/α-hetero) is 2. The molecule has 0 aliphatic carbocycles. The fourth-order valence-corrected chi connectivity index (χ4v) is 14.9. The van der Waals surface area contributed by atoms with E-state index in [1.165, 1.54) is 14.2 Å². The molecule has 0 saturated carbocycles. The van der Waals surface area contributed by atoms with Gasteiger partial charge in [0.2, 0.25) is 0 Å². The maximum Gasteiger partial charge on any atom is 0.270 e. The summed E-state index contributed by atoms with van der Waals surface area (Å²) in [5.74, 6) is -5.17. The molecule has 0 aliphatic heterocycles. The summed E-state index contributed by atoms with van der Waals surface area (Å²) in [5.41, 5.74) is 1.65. The van der Waals surface area contributed by atoms with E-state index in [1.54, 1.807) is 136 Å². The monoisotopic (exact) mass is 1550 g/mol. The first-order valence-corrected chi connectivity index (χ1v) is 24.4. The normalized spacial score (nSPS) is 13.2. The number of carbonyl (C=O) groups is 6. The van der Waals surface area contributed by atoms with Crippen LogP contribution in [0.2, 0.25) is 0 Å². The van der Waals surface area contributed by atoms with Crippen molar-refractivity contribution in [2.45, 2.75) is 24.4 Å². The Morgan fingerprint density at radius 2 is 1.11 bits per heavy atom. The van der Waals surface area contributed by atoms with Gasteiger partial charge in [-0.3, -0.25) is 33.8 Å². The summed E-state index contributed by atoms with van der Waals surface area (Å²) in [6, 6.07) is -1.84. The summed E-state index contributed by atoms with van der Waals surface area (Å²) < 4.78 is 5.37. The Labute approximate surface area is 437 Å². The summed E-state index contributed by atoms with van der Waals surface area (Å²) in [6.45, 7) is -5.71. The van der Waals surface area contributed by atoms with Crippen LogP contribution in [0.4, 0.5) is 5.69 Å². The molecule has 0 spiro atoms. The van der Waals surface area contributed by atoms with Gasteiger partial charge in [-0.25, -0.2) is 5.43 Å². The van der Waals surface area contributed by atoms with Crippen molar-refractivity contribution in [3.05, 3.63) is 49.2 Å². The van der Waals surface area contributed by atoms with E-state index in [0.29, 0.717) is 0 Å². The summed E-state index contributed by atoms with van der Waals surface area (Å²) in [7, 11) is 2.55. The van der Waals surface area contributed by atoms with Crippen LogP contribution in [0.5, 0.6) is 0 Å². The first-order chi connectivity index (χ1) is 29.3. The molecule has 2 aromatic carbocycles. The maximum atomic E-state index is 14.9. The van der Waals surface area contributed by atoms with Gasteiger partial charge in [-0.15, -0.1) is 0 Å². The van der Waals surface area contributed by atoms with Crippen LogP contribution in [-0.4, -0.2) is 192 Å². The van der Waals surface area contributed by atoms with Crippen molar-refractivity contribution in [2.24, 2.45) is 0 Å². The second-order valence-corrected chi connectivity index (χ2v) is 19.2. The summed E-state index contributed by atoms with van der Waals surface area (Å²) in [4.78, 5) is 86.2. The Hall–Kier alpha value is -0.400. The fraction of sp³-hybridized carbons (Fsp3) is 0.486. The van der Waals surface area contributed by atoms with Crippen molar-refractivity contribution in [2.75, 3.05) is 91.4 Å². The highest BCUT2D eigenvalue weighted by molar-refractivity contribution is 14.1. The van der Waals surface area contributed by atoms with Gasteiger partial charge in [-0.05, 0) is 143 Å². The number of nitrogens with zero attached hydrogens (tertiary/aromatic N) is 2. The molecule has 2 rings (SSSR count). The molecule has 21 nitrogen and oxygen atoms in total. The molecular weight excluding hydrogens is 1510 g/mol. The van der Waals surface area contributed by atoms with Gasteiger partial charge < -0.3 is 66.4 Å². The molecule has 0 fully saturated rings. The van der Waals surface area contributed by atoms with Crippen LogP contribution in [0, 0.1) is 21.4 Å². The zero-order chi connectivity index (χ0) is 47.2. The molecule has 0 bridgehead atoms. The van der Waals surface area contributed by atoms with E-state index in [4.69, 9.17) is 4.74 Å². The minimum Gasteiger partial charge on any atom is -0.395 e. The maximum absolute atomic E-state index is 14.9. The number of benzene rings is 2. The Morgan fingerprint density at radius 1 is 0.645 bits per heavy atom. The van der Waals surface area contributed by atoms with E-state index in [9.17, 15) is 69.6 Å². The average molecular weight is 1550 g/mol. The first kappa shape index (κ1) is 57.7. The van der Waals surface area contributed by atoms with Gasteiger partial charge in [-0.2, -0.15) is 0 Å². The molecule has 4 amide bonds. The quantitative estimate of drug-likeness (QED) is 0.0231. The number of hydrogen-bond donors (Lipinski definition) is 12. The van der Waals surface area contributed by atoms with Crippen molar-refractivity contribution in [1.82, 2.24) is 26.4 Å². The number of hydrazine groups is 1. The van der Waals surface area contributed by atoms with Crippen molar-refractivity contribution >= 4 is 176 Å². The van der Waals surface area contributed by atoms with Crippen LogP contribution >= 0.6 is 136 Å². The van der Waals surface area contributed by atoms with Crippen molar-refractivity contribution < 1.29 is 74.4 Å². The number of aliphatic hydroxyl groups excluding tert-OH is 8. The Bertz CT molecular complexity index is 1930. The van der Waals surface area contributed by atoms with E-state index in [1.807, 2.05) is 0 Å². The second kappa shape index (κ2) is 28.1. The topological polar surface area (TPSA) is 328 Å². The molecule has 0 aliphatic rings. The van der Waals surface area contributed by atoms with Crippen LogP contribution in [0.15, 0.2) is 0 Å². The smallest absolute Gasteiger partial charge is 0.270 e. The third-order valence-corrected chi connectivity index (χ3v) is 14.8. The van der Waals surface area contributed by atoms with Gasteiger partial charge in [-0.1, -0.05) is 0 Å². The molecule has 0 radical (unpaired) electrons. The van der Waals surface area contributed by atoms with E-state index in [-0.39, 0.29) is 61.5 Å². The molecular formula is C35H44I6N6O15. The van der Waals surface area contributed by atoms with E-state index in [2.05, 4.69) is 21.4 Å². The number of aliphatic hydroxyl groups is 8. The first-order valence-electron chi connectivity index (χ1n) is 17.9. The van der Waals surface area contributed by atoms with Crippen molar-refractivity contribution in [3.8, 4) is 0 Å². The lowest BCUT2D eigenvalue weighted by Gasteiger charge is -2.31. The predicted octanol–water partition coefficient (Wildman–Crippen LogP) is -1.60. The highest BCUT2D eigenvalue weighted by atomic mass is 127. The van der Waals surface area contributed by atoms with Gasteiger partial charge in [0.05, 0.1) is 87.4 Å². The Kier molecular flexibility index (Phi) is 26.1. The number of amides is 4. The summed E-state index contributed by atoms with van der Waals surface area (Å²) >= 11 is 10.5. The van der Waals surface area contributed by atoms with Crippen molar-refractivity contribution in [1.29, 1.82) is 0 Å². The SMILES string of the molecule is CNC(C(=O)c1c(I)c(C(=O)COC)c(I)c(C(=O)N(CC(O)CO)NCCO)c1I)C(=O)N(CCO)c1c(I)c(C(=O)NCC(O)CO)c(I)c(C(=O)NCC(O)CO)c1I. The van der Waals surface area contributed by atoms with E-state index >= 15 is 0 Å². The molecule has 27 heteroatoms. The molecule has 346 valence electrons. The highest BCUT2D eigenvalue weighted by Gasteiger charge is 2.40. The summed E-state index contributed by atoms with van der Waals surface area (Å²) in [6.07, 6.45) is -4.14. The Balaban J connectivity index is 3.03. The minimum absolute atomic E-state index is 0.0251. The van der Waals surface area contributed by atoms with Crippen LogP contribution in [-0.2, 0) is 9.53 Å². The zero-order valence-electron chi connectivity index (χ0n) is 32.7. The predicted molar refractivity (Wildman–Crippen MR) is 272 cm³/mol. The number of likely N-dealkylation sites (N-methyl/N-ethyl adjacent to an activating group) is 1. The van der Waals surface area contributed by atoms with Crippen LogP contribution < -0.4 is 26.3 Å². The number of ether oxygens (including phenoxy) is 1. The fourth-order valence-electron chi connectivity index (χ4n) is 5.44. The van der Waals surface area contributed by atoms with Crippen LogP contribution in [0.25, 0.3) is 0 Å². The molecule has 4 unspecified atom stereocenters. The number of halogens is 6. The number of carbonyl (C=O) groups excluding carboxylic acids is 6. The van der Waals surface area contributed by atoms with E-state index < -0.39 is 125 Å². The highest BCUT2D eigenvalue weighted by Crippen LogP contribution is 2.39. The summed E-state index contributed by atoms with van der Waals surface area (Å²) in [5, 5.41) is 86.7. The average Bonchev–Trinajstić information content (AvgIpc) is 3.22. The number of ketones is 2. The molecule has 0 aromatic heterocycles. The lowest BCUT2D eigenvalue weighted by atomic mass is 9.95. The van der Waals surface area contributed by atoms with Gasteiger partial charge in [0.15, 0.2) is 17.6 Å². The third kappa shape index (κ3) is 14.3. The van der Waals surface area contributed by atoms with Gasteiger partial charge in [0.1, 0.15) is 6.61 Å². The number of anilines is 1. The van der Waals surface area contributed by atoms with Crippen LogP contribution in [0.3, 0.4) is 0 Å². The molecule has 2 aromatic rings. The minimum atomic E-state index is -1.84. The van der Waals surface area contributed by atoms with Crippen LogP contribution in [0.1, 0.15) is 51.8 Å².